The van der Waals surface area contributed by atoms with E-state index in [1.807, 2.05) is 29.8 Å². The highest BCUT2D eigenvalue weighted by Crippen LogP contribution is 2.26. The summed E-state index contributed by atoms with van der Waals surface area (Å²) in [5.74, 6) is 0.741. The van der Waals surface area contributed by atoms with Crippen LogP contribution in [0.5, 0.6) is 5.75 Å². The van der Waals surface area contributed by atoms with Crippen molar-refractivity contribution in [3.8, 4) is 5.75 Å². The van der Waals surface area contributed by atoms with E-state index in [2.05, 4.69) is 9.97 Å². The van der Waals surface area contributed by atoms with E-state index < -0.39 is 0 Å². The molecule has 2 heterocycles. The summed E-state index contributed by atoms with van der Waals surface area (Å²) in [5.41, 5.74) is 2.67. The average Bonchev–Trinajstić information content (AvgIpc) is 2.80. The molecular formula is C14H11Cl2N3O. The Balaban J connectivity index is 1.85. The van der Waals surface area contributed by atoms with Gasteiger partial charge in [-0.2, -0.15) is 0 Å². The lowest BCUT2D eigenvalue weighted by molar-refractivity contribution is 0.306. The number of nitrogens with zero attached hydrogens (tertiary/aromatic N) is 3. The van der Waals surface area contributed by atoms with Crippen LogP contribution in [-0.4, -0.2) is 14.5 Å². The van der Waals surface area contributed by atoms with Gasteiger partial charge in [0, 0.05) is 31.1 Å². The molecule has 102 valence electrons. The molecular weight excluding hydrogens is 297 g/mol. The van der Waals surface area contributed by atoms with Crippen molar-refractivity contribution < 1.29 is 4.74 Å². The highest BCUT2D eigenvalue weighted by molar-refractivity contribution is 6.35. The molecule has 0 bridgehead atoms. The predicted molar refractivity (Wildman–Crippen MR) is 79.3 cm³/mol. The summed E-state index contributed by atoms with van der Waals surface area (Å²) in [7, 11) is 1.94. The van der Waals surface area contributed by atoms with E-state index in [0.29, 0.717) is 16.7 Å². The fourth-order valence-corrected chi connectivity index (χ4v) is 2.40. The molecule has 6 heteroatoms. The molecule has 0 aliphatic rings. The summed E-state index contributed by atoms with van der Waals surface area (Å²) in [4.78, 5) is 8.18. The maximum absolute atomic E-state index is 6.06. The lowest BCUT2D eigenvalue weighted by Gasteiger charge is -2.09. The van der Waals surface area contributed by atoms with Gasteiger partial charge in [0.25, 0.3) is 0 Å². The zero-order chi connectivity index (χ0) is 14.1. The van der Waals surface area contributed by atoms with Gasteiger partial charge in [-0.25, -0.2) is 4.98 Å². The highest BCUT2D eigenvalue weighted by Gasteiger charge is 2.08. The lowest BCUT2D eigenvalue weighted by atomic mass is 10.2. The van der Waals surface area contributed by atoms with E-state index in [9.17, 15) is 0 Å². The van der Waals surface area contributed by atoms with Crippen molar-refractivity contribution in [1.82, 2.24) is 14.5 Å². The van der Waals surface area contributed by atoms with Gasteiger partial charge < -0.3 is 9.30 Å². The van der Waals surface area contributed by atoms with Gasteiger partial charge in [0.2, 0.25) is 0 Å². The summed E-state index contributed by atoms with van der Waals surface area (Å²) in [6, 6.07) is 5.73. The van der Waals surface area contributed by atoms with Crippen LogP contribution in [0.25, 0.3) is 11.0 Å². The van der Waals surface area contributed by atoms with E-state index >= 15 is 0 Å². The van der Waals surface area contributed by atoms with Crippen molar-refractivity contribution >= 4 is 34.2 Å². The number of rotatable bonds is 3. The lowest BCUT2D eigenvalue weighted by Crippen LogP contribution is -1.98. The number of hydrogen-bond donors (Lipinski definition) is 0. The van der Waals surface area contributed by atoms with Crippen molar-refractivity contribution in [2.75, 3.05) is 0 Å². The zero-order valence-corrected chi connectivity index (χ0v) is 12.2. The number of ether oxygens (including phenoxy) is 1. The molecule has 0 unspecified atom stereocenters. The van der Waals surface area contributed by atoms with E-state index in [0.717, 1.165) is 22.3 Å². The Morgan fingerprint density at radius 1 is 1.20 bits per heavy atom. The van der Waals surface area contributed by atoms with Crippen LogP contribution in [0.2, 0.25) is 10.0 Å². The molecule has 0 aliphatic carbocycles. The molecule has 0 N–H and O–H groups in total. The molecule has 4 nitrogen and oxygen atoms in total. The minimum Gasteiger partial charge on any atom is -0.489 e. The normalized spacial score (nSPS) is 10.9. The van der Waals surface area contributed by atoms with Crippen molar-refractivity contribution in [1.29, 1.82) is 0 Å². The molecule has 0 aliphatic heterocycles. The number of fused-ring (bicyclic) bond motifs is 1. The number of aromatic nitrogens is 3. The molecule has 0 saturated heterocycles. The molecule has 0 fully saturated rings. The Morgan fingerprint density at radius 3 is 2.70 bits per heavy atom. The van der Waals surface area contributed by atoms with Crippen molar-refractivity contribution in [3.05, 3.63) is 52.5 Å². The smallest absolute Gasteiger partial charge is 0.122 e. The van der Waals surface area contributed by atoms with Crippen LogP contribution in [0.15, 0.2) is 36.9 Å². The van der Waals surface area contributed by atoms with Crippen LogP contribution in [0, 0.1) is 0 Å². The molecule has 3 rings (SSSR count). The first kappa shape index (κ1) is 13.2. The van der Waals surface area contributed by atoms with Crippen LogP contribution in [0.4, 0.5) is 0 Å². The van der Waals surface area contributed by atoms with Gasteiger partial charge in [0.1, 0.15) is 12.4 Å². The summed E-state index contributed by atoms with van der Waals surface area (Å²) >= 11 is 12.1. The predicted octanol–water partition coefficient (Wildman–Crippen LogP) is 3.85. The number of hydrogen-bond acceptors (Lipinski definition) is 3. The van der Waals surface area contributed by atoms with Gasteiger partial charge in [-0.1, -0.05) is 23.2 Å². The second kappa shape index (κ2) is 5.31. The minimum atomic E-state index is 0.295. The molecule has 0 amide bonds. The quantitative estimate of drug-likeness (QED) is 0.738. The topological polar surface area (TPSA) is 39.9 Å². The Bertz CT molecular complexity index is 750. The Kier molecular flexibility index (Phi) is 3.51. The van der Waals surface area contributed by atoms with Gasteiger partial charge in [0.15, 0.2) is 0 Å². The summed E-state index contributed by atoms with van der Waals surface area (Å²) < 4.78 is 7.69. The molecule has 2 aromatic heterocycles. The summed E-state index contributed by atoms with van der Waals surface area (Å²) in [6.45, 7) is 0.295. The summed E-state index contributed by atoms with van der Waals surface area (Å²) in [5, 5.41) is 0.998. The standard InChI is InChI=1S/C14H11Cl2N3O/c1-19-8-18-13-3-2-9(4-14(13)19)20-7-10-11(15)5-17-6-12(10)16/h2-6,8H,7H2,1H3. The number of imidazole rings is 1. The second-order valence-corrected chi connectivity index (χ2v) is 5.19. The third-order valence-electron chi connectivity index (χ3n) is 3.03. The van der Waals surface area contributed by atoms with Crippen LogP contribution in [0.3, 0.4) is 0 Å². The van der Waals surface area contributed by atoms with Crippen LogP contribution in [-0.2, 0) is 13.7 Å². The fraction of sp³-hybridized carbons (Fsp3) is 0.143. The van der Waals surface area contributed by atoms with Crippen LogP contribution in [0.1, 0.15) is 5.56 Å². The highest BCUT2D eigenvalue weighted by atomic mass is 35.5. The molecule has 20 heavy (non-hydrogen) atoms. The van der Waals surface area contributed by atoms with E-state index in [-0.39, 0.29) is 0 Å². The average molecular weight is 308 g/mol. The maximum Gasteiger partial charge on any atom is 0.122 e. The number of aryl methyl sites for hydroxylation is 1. The first-order chi connectivity index (χ1) is 9.65. The van der Waals surface area contributed by atoms with E-state index in [4.69, 9.17) is 27.9 Å². The van der Waals surface area contributed by atoms with Gasteiger partial charge >= 0.3 is 0 Å². The van der Waals surface area contributed by atoms with Gasteiger partial charge in [-0.05, 0) is 12.1 Å². The number of benzene rings is 1. The Labute approximate surface area is 125 Å². The van der Waals surface area contributed by atoms with E-state index in [1.54, 1.807) is 18.7 Å². The van der Waals surface area contributed by atoms with Gasteiger partial charge in [-0.3, -0.25) is 4.98 Å². The SMILES string of the molecule is Cn1cnc2ccc(OCc3c(Cl)cncc3Cl)cc21. The number of pyridine rings is 1. The molecule has 3 aromatic rings. The zero-order valence-electron chi connectivity index (χ0n) is 10.7. The van der Waals surface area contributed by atoms with Crippen LogP contribution < -0.4 is 4.74 Å². The molecule has 0 atom stereocenters. The van der Waals surface area contributed by atoms with Crippen molar-refractivity contribution in [2.24, 2.45) is 7.05 Å². The third kappa shape index (κ3) is 2.44. The first-order valence-corrected chi connectivity index (χ1v) is 6.72. The molecule has 0 spiro atoms. The third-order valence-corrected chi connectivity index (χ3v) is 3.68. The van der Waals surface area contributed by atoms with Gasteiger partial charge in [0.05, 0.1) is 27.4 Å². The van der Waals surface area contributed by atoms with Crippen molar-refractivity contribution in [3.63, 3.8) is 0 Å². The molecule has 0 radical (unpaired) electrons. The first-order valence-electron chi connectivity index (χ1n) is 5.97. The molecule has 1 aromatic carbocycles. The number of halogens is 2. The van der Waals surface area contributed by atoms with E-state index in [1.165, 1.54) is 0 Å². The van der Waals surface area contributed by atoms with Crippen molar-refractivity contribution in [2.45, 2.75) is 6.61 Å². The Hall–Kier alpha value is -1.78. The molecule has 0 saturated carbocycles. The minimum absolute atomic E-state index is 0.295. The second-order valence-electron chi connectivity index (χ2n) is 4.38. The monoisotopic (exact) mass is 307 g/mol. The summed E-state index contributed by atoms with van der Waals surface area (Å²) in [6.07, 6.45) is 4.87. The Morgan fingerprint density at radius 2 is 1.95 bits per heavy atom. The maximum atomic E-state index is 6.06. The van der Waals surface area contributed by atoms with Gasteiger partial charge in [-0.15, -0.1) is 0 Å². The van der Waals surface area contributed by atoms with Crippen LogP contribution >= 0.6 is 23.2 Å². The largest absolute Gasteiger partial charge is 0.489 e. The fourth-order valence-electron chi connectivity index (χ4n) is 1.93.